The first kappa shape index (κ1) is 17.2. The number of carbonyl (C=O) groups is 2. The van der Waals surface area contributed by atoms with Gasteiger partial charge >= 0.3 is 0 Å². The van der Waals surface area contributed by atoms with Gasteiger partial charge in [0.15, 0.2) is 6.61 Å². The maximum Gasteiger partial charge on any atom is 0.265 e. The van der Waals surface area contributed by atoms with E-state index in [2.05, 4.69) is 15.5 Å². The zero-order chi connectivity index (χ0) is 18.0. The number of nitrogens with one attached hydrogen (secondary N) is 1. The van der Waals surface area contributed by atoms with Crippen LogP contribution in [0.1, 0.15) is 18.3 Å². The molecule has 2 aromatic rings. The number of ether oxygens (including phenoxy) is 1. The maximum absolute atomic E-state index is 12.3. The molecule has 0 unspecified atom stereocenters. The molecule has 0 saturated heterocycles. The Morgan fingerprint density at radius 3 is 2.92 bits per heavy atom. The Balaban J connectivity index is 1.67. The van der Waals surface area contributed by atoms with Crippen LogP contribution in [0, 0.1) is 6.92 Å². The summed E-state index contributed by atoms with van der Waals surface area (Å²) in [6.07, 6.45) is 0. The van der Waals surface area contributed by atoms with E-state index < -0.39 is 0 Å². The summed E-state index contributed by atoms with van der Waals surface area (Å²) >= 11 is 5.99. The fraction of sp³-hybridized carbons (Fsp3) is 0.375. The number of hydrogen-bond acceptors (Lipinski definition) is 5. The summed E-state index contributed by atoms with van der Waals surface area (Å²) in [5.41, 5.74) is 1.96. The van der Waals surface area contributed by atoms with E-state index in [-0.39, 0.29) is 31.5 Å². The molecule has 1 aromatic heterocycles. The Morgan fingerprint density at radius 1 is 1.40 bits per heavy atom. The molecule has 1 aliphatic heterocycles. The van der Waals surface area contributed by atoms with E-state index in [0.29, 0.717) is 28.7 Å². The van der Waals surface area contributed by atoms with Gasteiger partial charge in [0.05, 0.1) is 24.5 Å². The number of rotatable bonds is 5. The molecular weight excluding hydrogens is 346 g/mol. The summed E-state index contributed by atoms with van der Waals surface area (Å²) in [6, 6.07) is 4.97. The van der Waals surface area contributed by atoms with Crippen LogP contribution >= 0.6 is 11.6 Å². The fourth-order valence-corrected chi connectivity index (χ4v) is 2.67. The summed E-state index contributed by atoms with van der Waals surface area (Å²) < 4.78 is 5.36. The first-order valence-electron chi connectivity index (χ1n) is 7.88. The van der Waals surface area contributed by atoms with Crippen molar-refractivity contribution in [3.8, 4) is 5.75 Å². The number of aromatic nitrogens is 3. The molecule has 0 fully saturated rings. The molecule has 3 rings (SSSR count). The number of carbonyl (C=O) groups excluding carboxylic acids is 2. The van der Waals surface area contributed by atoms with Crippen LogP contribution in [0.4, 0.5) is 5.69 Å². The van der Waals surface area contributed by atoms with Crippen molar-refractivity contribution in [3.05, 3.63) is 34.6 Å². The van der Waals surface area contributed by atoms with Gasteiger partial charge in [-0.05, 0) is 32.0 Å². The maximum atomic E-state index is 12.3. The number of aryl methyl sites for hydroxylation is 2. The van der Waals surface area contributed by atoms with Crippen LogP contribution in [-0.2, 0) is 22.7 Å². The van der Waals surface area contributed by atoms with Crippen molar-refractivity contribution in [2.45, 2.75) is 26.9 Å². The Kier molecular flexibility index (Phi) is 4.89. The van der Waals surface area contributed by atoms with E-state index in [9.17, 15) is 9.59 Å². The van der Waals surface area contributed by atoms with Crippen molar-refractivity contribution in [1.82, 2.24) is 20.3 Å². The van der Waals surface area contributed by atoms with Crippen molar-refractivity contribution >= 4 is 29.1 Å². The van der Waals surface area contributed by atoms with Gasteiger partial charge in [-0.15, -0.1) is 0 Å². The average Bonchev–Trinajstić information content (AvgIpc) is 2.96. The first-order valence-corrected chi connectivity index (χ1v) is 8.25. The third kappa shape index (κ3) is 3.74. The lowest BCUT2D eigenvalue weighted by Crippen LogP contribution is -2.45. The third-order valence-electron chi connectivity index (χ3n) is 3.82. The van der Waals surface area contributed by atoms with E-state index >= 15 is 0 Å². The number of nitrogens with zero attached hydrogens (tertiary/aromatic N) is 4. The molecule has 0 aliphatic carbocycles. The molecule has 2 amide bonds. The number of fused-ring (bicyclic) bond motifs is 1. The number of halogens is 1. The molecule has 8 nitrogen and oxygen atoms in total. The molecule has 0 saturated carbocycles. The quantitative estimate of drug-likeness (QED) is 0.864. The monoisotopic (exact) mass is 363 g/mol. The molecule has 25 heavy (non-hydrogen) atoms. The number of hydrogen-bond donors (Lipinski definition) is 1. The normalized spacial score (nSPS) is 13.4. The zero-order valence-electron chi connectivity index (χ0n) is 14.0. The summed E-state index contributed by atoms with van der Waals surface area (Å²) in [6.45, 7) is 4.47. The van der Waals surface area contributed by atoms with E-state index in [0.717, 1.165) is 5.69 Å². The average molecular weight is 364 g/mol. The van der Waals surface area contributed by atoms with Crippen LogP contribution in [0.2, 0.25) is 5.02 Å². The van der Waals surface area contributed by atoms with E-state index in [4.69, 9.17) is 16.3 Å². The van der Waals surface area contributed by atoms with Gasteiger partial charge in [0, 0.05) is 5.02 Å². The number of anilines is 1. The van der Waals surface area contributed by atoms with Crippen LogP contribution in [0.3, 0.4) is 0 Å². The highest BCUT2D eigenvalue weighted by Gasteiger charge is 2.27. The van der Waals surface area contributed by atoms with E-state index in [1.165, 1.54) is 4.90 Å². The topological polar surface area (TPSA) is 89.4 Å². The fourth-order valence-electron chi connectivity index (χ4n) is 2.50. The van der Waals surface area contributed by atoms with E-state index in [1.54, 1.807) is 23.0 Å². The summed E-state index contributed by atoms with van der Waals surface area (Å²) in [5, 5.41) is 11.8. The second-order valence-electron chi connectivity index (χ2n) is 5.58. The lowest BCUT2D eigenvalue weighted by atomic mass is 10.2. The molecular formula is C16H18ClN5O3. The van der Waals surface area contributed by atoms with Gasteiger partial charge in [0.1, 0.15) is 18.0 Å². The van der Waals surface area contributed by atoms with Crippen LogP contribution in [0.5, 0.6) is 5.75 Å². The summed E-state index contributed by atoms with van der Waals surface area (Å²) in [4.78, 5) is 27.3. The summed E-state index contributed by atoms with van der Waals surface area (Å²) in [7, 11) is 0. The Morgan fingerprint density at radius 2 is 2.20 bits per heavy atom. The SMILES string of the molecule is CCn1nc(C)c(CNC(=O)CN2C(=O)COc3ccc(Cl)cc32)n1. The van der Waals surface area contributed by atoms with Gasteiger partial charge in [-0.3, -0.25) is 14.5 Å². The predicted octanol–water partition coefficient (Wildman–Crippen LogP) is 1.30. The Hall–Kier alpha value is -2.61. The molecule has 0 spiro atoms. The molecule has 1 aromatic carbocycles. The largest absolute Gasteiger partial charge is 0.482 e. The number of benzene rings is 1. The highest BCUT2D eigenvalue weighted by atomic mass is 35.5. The minimum absolute atomic E-state index is 0.105. The standard InChI is InChI=1S/C16H18ClN5O3/c1-3-22-19-10(2)12(20-22)7-18-15(23)8-21-13-6-11(17)4-5-14(13)25-9-16(21)24/h4-6H,3,7-9H2,1-2H3,(H,18,23). The number of amides is 2. The smallest absolute Gasteiger partial charge is 0.265 e. The highest BCUT2D eigenvalue weighted by molar-refractivity contribution is 6.31. The molecule has 0 radical (unpaired) electrons. The van der Waals surface area contributed by atoms with Gasteiger partial charge < -0.3 is 10.1 Å². The third-order valence-corrected chi connectivity index (χ3v) is 4.06. The van der Waals surface area contributed by atoms with Crippen molar-refractivity contribution in [1.29, 1.82) is 0 Å². The van der Waals surface area contributed by atoms with Crippen molar-refractivity contribution in [2.24, 2.45) is 0 Å². The van der Waals surface area contributed by atoms with Gasteiger partial charge in [0.25, 0.3) is 5.91 Å². The lowest BCUT2D eigenvalue weighted by Gasteiger charge is -2.28. The van der Waals surface area contributed by atoms with E-state index in [1.807, 2.05) is 13.8 Å². The van der Waals surface area contributed by atoms with Crippen LogP contribution in [0.25, 0.3) is 0 Å². The Labute approximate surface area is 149 Å². The van der Waals surface area contributed by atoms with Crippen LogP contribution < -0.4 is 15.0 Å². The van der Waals surface area contributed by atoms with Gasteiger partial charge in [-0.1, -0.05) is 11.6 Å². The minimum atomic E-state index is -0.299. The molecule has 1 aliphatic rings. The molecule has 0 atom stereocenters. The second kappa shape index (κ2) is 7.10. The zero-order valence-corrected chi connectivity index (χ0v) is 14.7. The molecule has 2 heterocycles. The van der Waals surface area contributed by atoms with Crippen molar-refractivity contribution in [3.63, 3.8) is 0 Å². The Bertz CT molecular complexity index is 820. The van der Waals surface area contributed by atoms with Crippen LogP contribution in [-0.4, -0.2) is 40.0 Å². The molecule has 1 N–H and O–H groups in total. The van der Waals surface area contributed by atoms with Gasteiger partial charge in [0.2, 0.25) is 5.91 Å². The second-order valence-corrected chi connectivity index (χ2v) is 6.01. The highest BCUT2D eigenvalue weighted by Crippen LogP contribution is 2.34. The first-order chi connectivity index (χ1) is 12.0. The summed E-state index contributed by atoms with van der Waals surface area (Å²) in [5.74, 6) is -0.0665. The lowest BCUT2D eigenvalue weighted by molar-refractivity contribution is -0.125. The van der Waals surface area contributed by atoms with Crippen molar-refractivity contribution in [2.75, 3.05) is 18.1 Å². The van der Waals surface area contributed by atoms with Crippen LogP contribution in [0.15, 0.2) is 18.2 Å². The minimum Gasteiger partial charge on any atom is -0.482 e. The predicted molar refractivity (Wildman–Crippen MR) is 91.6 cm³/mol. The van der Waals surface area contributed by atoms with Gasteiger partial charge in [-0.2, -0.15) is 15.0 Å². The molecule has 0 bridgehead atoms. The molecule has 132 valence electrons. The van der Waals surface area contributed by atoms with Crippen molar-refractivity contribution < 1.29 is 14.3 Å². The molecule has 9 heteroatoms. The van der Waals surface area contributed by atoms with Gasteiger partial charge in [-0.25, -0.2) is 0 Å².